The molecule has 0 radical (unpaired) electrons. The molecular weight excluding hydrogens is 218 g/mol. The molecule has 1 heterocycles. The first-order valence-corrected chi connectivity index (χ1v) is 6.87. The fourth-order valence-electron chi connectivity index (χ4n) is 2.15. The second-order valence-corrected chi connectivity index (χ2v) is 4.33. The summed E-state index contributed by atoms with van der Waals surface area (Å²) in [5, 5.41) is 0. The number of nitrogens with zero attached hydrogens (tertiary/aromatic N) is 1. The van der Waals surface area contributed by atoms with Gasteiger partial charge < -0.3 is 14.2 Å². The molecular formula is C13H27NO3. The minimum absolute atomic E-state index is 0.105. The topological polar surface area (TPSA) is 30.9 Å². The van der Waals surface area contributed by atoms with E-state index in [0.29, 0.717) is 19.3 Å². The third kappa shape index (κ3) is 5.82. The van der Waals surface area contributed by atoms with Crippen LogP contribution in [0.4, 0.5) is 0 Å². The van der Waals surface area contributed by atoms with Crippen LogP contribution in [-0.2, 0) is 14.2 Å². The summed E-state index contributed by atoms with van der Waals surface area (Å²) < 4.78 is 16.8. The zero-order chi connectivity index (χ0) is 12.5. The number of likely N-dealkylation sites (N-methyl/N-ethyl adjacent to an activating group) is 1. The van der Waals surface area contributed by atoms with Crippen molar-refractivity contribution in [3.8, 4) is 0 Å². The highest BCUT2D eigenvalue weighted by atomic mass is 16.7. The normalized spacial score (nSPS) is 20.6. The molecule has 0 aromatic carbocycles. The molecule has 1 fully saturated rings. The monoisotopic (exact) mass is 245 g/mol. The largest absolute Gasteiger partial charge is 0.377 e. The van der Waals surface area contributed by atoms with Gasteiger partial charge in [-0.1, -0.05) is 6.92 Å². The van der Waals surface area contributed by atoms with Crippen molar-refractivity contribution in [1.29, 1.82) is 0 Å². The standard InChI is InChI=1S/C13H27NO3/c1-4-14(10-12-8-7-9-17-12)11-13(15-5-2)16-6-3/h12-13H,4-11H2,1-3H3. The molecule has 0 bridgehead atoms. The molecule has 102 valence electrons. The van der Waals surface area contributed by atoms with Crippen LogP contribution in [-0.4, -0.2) is 56.7 Å². The Morgan fingerprint density at radius 1 is 1.24 bits per heavy atom. The van der Waals surface area contributed by atoms with Gasteiger partial charge in [0, 0.05) is 32.9 Å². The van der Waals surface area contributed by atoms with Crippen molar-refractivity contribution in [3.63, 3.8) is 0 Å². The van der Waals surface area contributed by atoms with Crippen molar-refractivity contribution in [2.24, 2.45) is 0 Å². The van der Waals surface area contributed by atoms with Crippen LogP contribution in [0.3, 0.4) is 0 Å². The molecule has 1 aliphatic heterocycles. The van der Waals surface area contributed by atoms with Crippen molar-refractivity contribution in [2.45, 2.75) is 46.0 Å². The Labute approximate surface area is 105 Å². The van der Waals surface area contributed by atoms with Gasteiger partial charge in [-0.05, 0) is 33.2 Å². The maximum atomic E-state index is 5.66. The Morgan fingerprint density at radius 2 is 1.94 bits per heavy atom. The molecule has 4 heteroatoms. The lowest BCUT2D eigenvalue weighted by Gasteiger charge is -2.27. The van der Waals surface area contributed by atoms with Crippen LogP contribution in [0.2, 0.25) is 0 Å². The second-order valence-electron chi connectivity index (χ2n) is 4.33. The summed E-state index contributed by atoms with van der Waals surface area (Å²) >= 11 is 0. The smallest absolute Gasteiger partial charge is 0.170 e. The Bertz CT molecular complexity index is 178. The average Bonchev–Trinajstić information content (AvgIpc) is 2.81. The van der Waals surface area contributed by atoms with Crippen LogP contribution in [0.5, 0.6) is 0 Å². The van der Waals surface area contributed by atoms with E-state index in [4.69, 9.17) is 14.2 Å². The number of rotatable bonds is 9. The number of ether oxygens (including phenoxy) is 3. The fraction of sp³-hybridized carbons (Fsp3) is 1.00. The molecule has 4 nitrogen and oxygen atoms in total. The Kier molecular flexibility index (Phi) is 7.77. The van der Waals surface area contributed by atoms with Crippen molar-refractivity contribution >= 4 is 0 Å². The molecule has 1 rings (SSSR count). The zero-order valence-electron chi connectivity index (χ0n) is 11.5. The van der Waals surface area contributed by atoms with E-state index in [9.17, 15) is 0 Å². The third-order valence-electron chi connectivity index (χ3n) is 3.05. The van der Waals surface area contributed by atoms with Gasteiger partial charge in [-0.25, -0.2) is 0 Å². The van der Waals surface area contributed by atoms with Crippen LogP contribution in [0.25, 0.3) is 0 Å². The Hall–Kier alpha value is -0.160. The molecule has 0 spiro atoms. The first-order chi connectivity index (χ1) is 8.30. The highest BCUT2D eigenvalue weighted by Crippen LogP contribution is 2.13. The summed E-state index contributed by atoms with van der Waals surface area (Å²) in [7, 11) is 0. The predicted molar refractivity (Wildman–Crippen MR) is 68.1 cm³/mol. The third-order valence-corrected chi connectivity index (χ3v) is 3.05. The van der Waals surface area contributed by atoms with Crippen molar-refractivity contribution in [1.82, 2.24) is 4.90 Å². The predicted octanol–water partition coefficient (Wildman–Crippen LogP) is 1.89. The van der Waals surface area contributed by atoms with E-state index in [1.807, 2.05) is 13.8 Å². The summed E-state index contributed by atoms with van der Waals surface area (Å²) in [4.78, 5) is 2.35. The quantitative estimate of drug-likeness (QED) is 0.580. The first kappa shape index (κ1) is 14.9. The zero-order valence-corrected chi connectivity index (χ0v) is 11.5. The minimum atomic E-state index is -0.105. The lowest BCUT2D eigenvalue weighted by Crippen LogP contribution is -2.39. The molecule has 1 aliphatic rings. The molecule has 0 aromatic rings. The van der Waals surface area contributed by atoms with Crippen LogP contribution < -0.4 is 0 Å². The highest BCUT2D eigenvalue weighted by molar-refractivity contribution is 4.70. The van der Waals surface area contributed by atoms with Gasteiger partial charge in [0.25, 0.3) is 0 Å². The maximum absolute atomic E-state index is 5.66. The van der Waals surface area contributed by atoms with E-state index in [1.54, 1.807) is 0 Å². The van der Waals surface area contributed by atoms with Crippen molar-refractivity contribution in [2.75, 3.05) is 39.5 Å². The summed E-state index contributed by atoms with van der Waals surface area (Å²) in [6.07, 6.45) is 2.68. The number of hydrogen-bond acceptors (Lipinski definition) is 4. The molecule has 0 N–H and O–H groups in total. The van der Waals surface area contributed by atoms with Crippen molar-refractivity contribution < 1.29 is 14.2 Å². The first-order valence-electron chi connectivity index (χ1n) is 6.87. The minimum Gasteiger partial charge on any atom is -0.377 e. The molecule has 0 saturated carbocycles. The summed E-state index contributed by atoms with van der Waals surface area (Å²) in [5.74, 6) is 0. The van der Waals surface area contributed by atoms with Crippen LogP contribution in [0.1, 0.15) is 33.6 Å². The summed E-state index contributed by atoms with van der Waals surface area (Å²) in [6, 6.07) is 0. The van der Waals surface area contributed by atoms with Crippen LogP contribution in [0.15, 0.2) is 0 Å². The second kappa shape index (κ2) is 8.86. The molecule has 0 aromatic heterocycles. The van der Waals surface area contributed by atoms with Gasteiger partial charge in [0.2, 0.25) is 0 Å². The molecule has 0 aliphatic carbocycles. The van der Waals surface area contributed by atoms with Gasteiger partial charge in [0.05, 0.1) is 6.10 Å². The summed E-state index contributed by atoms with van der Waals surface area (Å²) in [5.41, 5.74) is 0. The SMILES string of the molecule is CCOC(CN(CC)CC1CCCO1)OCC. The van der Waals surface area contributed by atoms with Gasteiger partial charge in [0.15, 0.2) is 6.29 Å². The van der Waals surface area contributed by atoms with Gasteiger partial charge in [-0.2, -0.15) is 0 Å². The highest BCUT2D eigenvalue weighted by Gasteiger charge is 2.20. The maximum Gasteiger partial charge on any atom is 0.170 e. The van der Waals surface area contributed by atoms with E-state index >= 15 is 0 Å². The lowest BCUT2D eigenvalue weighted by molar-refractivity contribution is -0.148. The molecule has 17 heavy (non-hydrogen) atoms. The Morgan fingerprint density at radius 3 is 2.41 bits per heavy atom. The summed E-state index contributed by atoms with van der Waals surface area (Å²) in [6.45, 7) is 11.3. The van der Waals surface area contributed by atoms with Crippen molar-refractivity contribution in [3.05, 3.63) is 0 Å². The number of hydrogen-bond donors (Lipinski definition) is 0. The van der Waals surface area contributed by atoms with E-state index in [-0.39, 0.29) is 6.29 Å². The van der Waals surface area contributed by atoms with E-state index in [2.05, 4.69) is 11.8 Å². The van der Waals surface area contributed by atoms with Gasteiger partial charge >= 0.3 is 0 Å². The van der Waals surface area contributed by atoms with E-state index in [0.717, 1.165) is 26.2 Å². The van der Waals surface area contributed by atoms with Crippen LogP contribution >= 0.6 is 0 Å². The average molecular weight is 245 g/mol. The molecule has 1 unspecified atom stereocenters. The fourth-order valence-corrected chi connectivity index (χ4v) is 2.15. The van der Waals surface area contributed by atoms with E-state index in [1.165, 1.54) is 12.8 Å². The molecule has 1 atom stereocenters. The lowest BCUT2D eigenvalue weighted by atomic mass is 10.2. The van der Waals surface area contributed by atoms with E-state index < -0.39 is 0 Å². The van der Waals surface area contributed by atoms with Gasteiger partial charge in [0.1, 0.15) is 0 Å². The van der Waals surface area contributed by atoms with Gasteiger partial charge in [-0.3, -0.25) is 4.90 Å². The molecule has 0 amide bonds. The Balaban J connectivity index is 2.31. The van der Waals surface area contributed by atoms with Crippen LogP contribution in [0, 0.1) is 0 Å². The van der Waals surface area contributed by atoms with Gasteiger partial charge in [-0.15, -0.1) is 0 Å². The molecule has 1 saturated heterocycles.